The SMILES string of the molecule is CN(C)c1ccc(N)cc1C(=O)NC(C)(C)C(N)=O. The summed E-state index contributed by atoms with van der Waals surface area (Å²) in [5.74, 6) is -0.990. The molecule has 1 aromatic carbocycles. The molecule has 0 atom stereocenters. The number of amides is 2. The molecule has 0 bridgehead atoms. The van der Waals surface area contributed by atoms with Crippen molar-refractivity contribution in [3.63, 3.8) is 0 Å². The lowest BCUT2D eigenvalue weighted by Crippen LogP contribution is -2.53. The second-order valence-corrected chi connectivity index (χ2v) is 5.11. The number of hydrogen-bond donors (Lipinski definition) is 3. The van der Waals surface area contributed by atoms with Crippen LogP contribution in [0.2, 0.25) is 0 Å². The molecular formula is C13H20N4O2. The number of anilines is 2. The maximum atomic E-state index is 12.2. The summed E-state index contributed by atoms with van der Waals surface area (Å²) in [6.45, 7) is 3.10. The van der Waals surface area contributed by atoms with E-state index in [1.54, 1.807) is 36.9 Å². The van der Waals surface area contributed by atoms with Crippen LogP contribution in [0.4, 0.5) is 11.4 Å². The molecule has 0 aliphatic carbocycles. The predicted molar refractivity (Wildman–Crippen MR) is 75.9 cm³/mol. The van der Waals surface area contributed by atoms with Crippen LogP contribution in [0, 0.1) is 0 Å². The number of nitrogens with zero attached hydrogens (tertiary/aromatic N) is 1. The van der Waals surface area contributed by atoms with Gasteiger partial charge in [0.15, 0.2) is 0 Å². The summed E-state index contributed by atoms with van der Waals surface area (Å²) < 4.78 is 0. The number of hydrogen-bond acceptors (Lipinski definition) is 4. The van der Waals surface area contributed by atoms with Gasteiger partial charge in [-0.2, -0.15) is 0 Å². The van der Waals surface area contributed by atoms with E-state index >= 15 is 0 Å². The molecule has 6 nitrogen and oxygen atoms in total. The molecule has 0 saturated heterocycles. The van der Waals surface area contributed by atoms with Crippen molar-refractivity contribution in [2.75, 3.05) is 24.7 Å². The van der Waals surface area contributed by atoms with E-state index in [9.17, 15) is 9.59 Å². The minimum absolute atomic E-state index is 0.389. The van der Waals surface area contributed by atoms with E-state index in [0.717, 1.165) is 0 Å². The van der Waals surface area contributed by atoms with Gasteiger partial charge in [0.1, 0.15) is 5.54 Å². The third-order valence-corrected chi connectivity index (χ3v) is 2.79. The fourth-order valence-corrected chi connectivity index (χ4v) is 1.54. The maximum absolute atomic E-state index is 12.2. The standard InChI is InChI=1S/C13H20N4O2/c1-13(2,12(15)19)16-11(18)9-7-8(14)5-6-10(9)17(3)4/h5-7H,14H2,1-4H3,(H2,15,19)(H,16,18). The summed E-state index contributed by atoms with van der Waals surface area (Å²) in [7, 11) is 3.64. The molecule has 0 aliphatic heterocycles. The van der Waals surface area contributed by atoms with Gasteiger partial charge < -0.3 is 21.7 Å². The number of nitrogens with two attached hydrogens (primary N) is 2. The van der Waals surface area contributed by atoms with E-state index < -0.39 is 11.4 Å². The molecule has 1 rings (SSSR count). The first-order valence-corrected chi connectivity index (χ1v) is 5.84. The van der Waals surface area contributed by atoms with Gasteiger partial charge in [0.05, 0.1) is 5.56 Å². The maximum Gasteiger partial charge on any atom is 0.254 e. The van der Waals surface area contributed by atoms with Crippen LogP contribution in [0.3, 0.4) is 0 Å². The topological polar surface area (TPSA) is 101 Å². The van der Waals surface area contributed by atoms with Gasteiger partial charge in [-0.25, -0.2) is 0 Å². The van der Waals surface area contributed by atoms with Crippen LogP contribution in [-0.2, 0) is 4.79 Å². The molecule has 0 unspecified atom stereocenters. The van der Waals surface area contributed by atoms with Crippen LogP contribution in [0.1, 0.15) is 24.2 Å². The lowest BCUT2D eigenvalue weighted by molar-refractivity contribution is -0.122. The lowest BCUT2D eigenvalue weighted by Gasteiger charge is -2.24. The Morgan fingerprint density at radius 1 is 1.26 bits per heavy atom. The Morgan fingerprint density at radius 2 is 1.84 bits per heavy atom. The normalized spacial score (nSPS) is 10.9. The molecule has 0 aliphatic rings. The fourth-order valence-electron chi connectivity index (χ4n) is 1.54. The molecule has 0 radical (unpaired) electrons. The van der Waals surface area contributed by atoms with E-state index in [0.29, 0.717) is 16.9 Å². The van der Waals surface area contributed by atoms with E-state index in [2.05, 4.69) is 5.32 Å². The highest BCUT2D eigenvalue weighted by Gasteiger charge is 2.28. The van der Waals surface area contributed by atoms with Crippen LogP contribution < -0.4 is 21.7 Å². The van der Waals surface area contributed by atoms with Gasteiger partial charge in [-0.1, -0.05) is 0 Å². The molecule has 5 N–H and O–H groups in total. The molecule has 0 fully saturated rings. The third kappa shape index (κ3) is 3.37. The van der Waals surface area contributed by atoms with Crippen molar-refractivity contribution >= 4 is 23.2 Å². The Kier molecular flexibility index (Phi) is 4.04. The molecule has 0 saturated carbocycles. The smallest absolute Gasteiger partial charge is 0.254 e. The molecule has 104 valence electrons. The van der Waals surface area contributed by atoms with E-state index in [1.165, 1.54) is 0 Å². The van der Waals surface area contributed by atoms with Crippen LogP contribution in [-0.4, -0.2) is 31.4 Å². The van der Waals surface area contributed by atoms with Gasteiger partial charge in [-0.15, -0.1) is 0 Å². The zero-order valence-electron chi connectivity index (χ0n) is 11.7. The highest BCUT2D eigenvalue weighted by atomic mass is 16.2. The monoisotopic (exact) mass is 264 g/mol. The Morgan fingerprint density at radius 3 is 2.32 bits per heavy atom. The molecule has 0 aromatic heterocycles. The summed E-state index contributed by atoms with van der Waals surface area (Å²) >= 11 is 0. The zero-order chi connectivity index (χ0) is 14.8. The quantitative estimate of drug-likeness (QED) is 0.682. The van der Waals surface area contributed by atoms with Gasteiger partial charge in [-0.05, 0) is 32.0 Å². The third-order valence-electron chi connectivity index (χ3n) is 2.79. The van der Waals surface area contributed by atoms with Crippen LogP contribution in [0.5, 0.6) is 0 Å². The minimum Gasteiger partial charge on any atom is -0.399 e. The summed E-state index contributed by atoms with van der Waals surface area (Å²) in [5.41, 5.74) is 11.4. The van der Waals surface area contributed by atoms with Gasteiger partial charge in [0.2, 0.25) is 5.91 Å². The van der Waals surface area contributed by atoms with Crippen molar-refractivity contribution in [3.8, 4) is 0 Å². The molecule has 6 heteroatoms. The first-order chi connectivity index (χ1) is 8.65. The molecule has 0 heterocycles. The highest BCUT2D eigenvalue weighted by Crippen LogP contribution is 2.22. The number of nitrogen functional groups attached to an aromatic ring is 1. The Bertz CT molecular complexity index is 509. The van der Waals surface area contributed by atoms with Crippen LogP contribution >= 0.6 is 0 Å². The molecule has 2 amide bonds. The van der Waals surface area contributed by atoms with Crippen molar-refractivity contribution in [1.82, 2.24) is 5.32 Å². The molecular weight excluding hydrogens is 244 g/mol. The van der Waals surface area contributed by atoms with Crippen molar-refractivity contribution in [2.24, 2.45) is 5.73 Å². The summed E-state index contributed by atoms with van der Waals surface area (Å²) in [6.07, 6.45) is 0. The zero-order valence-corrected chi connectivity index (χ0v) is 11.7. The Balaban J connectivity index is 3.12. The number of benzene rings is 1. The fraction of sp³-hybridized carbons (Fsp3) is 0.385. The summed E-state index contributed by atoms with van der Waals surface area (Å²) in [5, 5.41) is 2.60. The average molecular weight is 264 g/mol. The van der Waals surface area contributed by atoms with Gasteiger partial charge in [-0.3, -0.25) is 9.59 Å². The number of primary amides is 1. The number of carbonyl (C=O) groups is 2. The predicted octanol–water partition coefficient (Wildman–Crippen LogP) is 0.329. The largest absolute Gasteiger partial charge is 0.399 e. The van der Waals surface area contributed by atoms with Gasteiger partial charge in [0.25, 0.3) is 5.91 Å². The Hall–Kier alpha value is -2.24. The molecule has 0 spiro atoms. The van der Waals surface area contributed by atoms with Crippen molar-refractivity contribution in [3.05, 3.63) is 23.8 Å². The van der Waals surface area contributed by atoms with Crippen molar-refractivity contribution in [2.45, 2.75) is 19.4 Å². The second kappa shape index (κ2) is 5.17. The second-order valence-electron chi connectivity index (χ2n) is 5.11. The van der Waals surface area contributed by atoms with Gasteiger partial charge in [0, 0.05) is 25.5 Å². The molecule has 1 aromatic rings. The lowest BCUT2D eigenvalue weighted by atomic mass is 10.0. The van der Waals surface area contributed by atoms with E-state index in [4.69, 9.17) is 11.5 Å². The molecule has 19 heavy (non-hydrogen) atoms. The van der Waals surface area contributed by atoms with Crippen molar-refractivity contribution in [1.29, 1.82) is 0 Å². The number of carbonyl (C=O) groups excluding carboxylic acids is 2. The van der Waals surface area contributed by atoms with Crippen LogP contribution in [0.15, 0.2) is 18.2 Å². The minimum atomic E-state index is -1.12. The van der Waals surface area contributed by atoms with E-state index in [-0.39, 0.29) is 5.91 Å². The summed E-state index contributed by atoms with van der Waals surface area (Å²) in [6, 6.07) is 5.04. The Labute approximate surface area is 112 Å². The van der Waals surface area contributed by atoms with Gasteiger partial charge >= 0.3 is 0 Å². The van der Waals surface area contributed by atoms with Crippen molar-refractivity contribution < 1.29 is 9.59 Å². The highest BCUT2D eigenvalue weighted by molar-refractivity contribution is 6.03. The first-order valence-electron chi connectivity index (χ1n) is 5.84. The number of nitrogens with one attached hydrogen (secondary N) is 1. The van der Waals surface area contributed by atoms with E-state index in [1.807, 2.05) is 14.1 Å². The summed E-state index contributed by atoms with van der Waals surface area (Å²) in [4.78, 5) is 25.3. The van der Waals surface area contributed by atoms with Crippen LogP contribution in [0.25, 0.3) is 0 Å². The number of rotatable bonds is 4. The average Bonchev–Trinajstić information content (AvgIpc) is 2.27. The first kappa shape index (κ1) is 14.8.